The number of carbonyl (C=O) groups is 1. The molecule has 0 aliphatic rings. The normalized spacial score (nSPS) is 13.8. The van der Waals surface area contributed by atoms with E-state index in [1.165, 1.54) is 0 Å². The zero-order chi connectivity index (χ0) is 13.6. The number of amides is 2. The fourth-order valence-corrected chi connectivity index (χ4v) is 1.87. The van der Waals surface area contributed by atoms with Gasteiger partial charge in [-0.15, -0.1) is 0 Å². The first kappa shape index (κ1) is 14.5. The second-order valence-electron chi connectivity index (χ2n) is 4.50. The van der Waals surface area contributed by atoms with Crippen LogP contribution in [0.15, 0.2) is 30.3 Å². The molecule has 1 unspecified atom stereocenters. The van der Waals surface area contributed by atoms with Gasteiger partial charge in [0, 0.05) is 19.6 Å². The average Bonchev–Trinajstić information content (AvgIpc) is 2.41. The zero-order valence-electron chi connectivity index (χ0n) is 11.4. The third-order valence-electron chi connectivity index (χ3n) is 3.25. The van der Waals surface area contributed by atoms with E-state index in [0.717, 1.165) is 5.56 Å². The second-order valence-corrected chi connectivity index (χ2v) is 4.50. The quantitative estimate of drug-likeness (QED) is 0.837. The van der Waals surface area contributed by atoms with Gasteiger partial charge in [-0.3, -0.25) is 0 Å². The van der Waals surface area contributed by atoms with Crippen LogP contribution in [0.25, 0.3) is 0 Å². The van der Waals surface area contributed by atoms with Gasteiger partial charge in [-0.1, -0.05) is 30.3 Å². The fourth-order valence-electron chi connectivity index (χ4n) is 1.87. The Hall–Kier alpha value is -1.55. The predicted molar refractivity (Wildman–Crippen MR) is 74.3 cm³/mol. The van der Waals surface area contributed by atoms with Gasteiger partial charge in [0.15, 0.2) is 0 Å². The highest BCUT2D eigenvalue weighted by molar-refractivity contribution is 5.75. The number of hydrogen-bond donors (Lipinski definition) is 2. The van der Waals surface area contributed by atoms with Crippen LogP contribution in [0.4, 0.5) is 4.79 Å². The Morgan fingerprint density at radius 2 is 1.83 bits per heavy atom. The molecule has 18 heavy (non-hydrogen) atoms. The Morgan fingerprint density at radius 1 is 1.28 bits per heavy atom. The van der Waals surface area contributed by atoms with Crippen molar-refractivity contribution in [3.63, 3.8) is 0 Å². The van der Waals surface area contributed by atoms with Crippen LogP contribution in [-0.4, -0.2) is 30.6 Å². The van der Waals surface area contributed by atoms with Crippen LogP contribution >= 0.6 is 0 Å². The van der Waals surface area contributed by atoms with E-state index in [4.69, 9.17) is 5.73 Å². The Kier molecular flexibility index (Phi) is 5.16. The molecule has 1 atom stereocenters. The third-order valence-corrected chi connectivity index (χ3v) is 3.25. The van der Waals surface area contributed by atoms with Crippen molar-refractivity contribution >= 4 is 6.03 Å². The minimum absolute atomic E-state index is 0.0724. The monoisotopic (exact) mass is 249 g/mol. The molecule has 1 aromatic rings. The summed E-state index contributed by atoms with van der Waals surface area (Å²) in [5.41, 5.74) is 6.33. The summed E-state index contributed by atoms with van der Waals surface area (Å²) < 4.78 is 0. The summed E-state index contributed by atoms with van der Waals surface area (Å²) in [5, 5.41) is 3.02. The highest BCUT2D eigenvalue weighted by Crippen LogP contribution is 2.19. The third kappa shape index (κ3) is 3.23. The molecule has 4 heteroatoms. The summed E-state index contributed by atoms with van der Waals surface area (Å²) in [6.45, 7) is 7.63. The number of urea groups is 1. The maximum absolute atomic E-state index is 12.1. The lowest BCUT2D eigenvalue weighted by molar-refractivity contribution is 0.190. The van der Waals surface area contributed by atoms with E-state index in [-0.39, 0.29) is 6.03 Å². The molecule has 100 valence electrons. The minimum Gasteiger partial charge on any atom is -0.328 e. The zero-order valence-corrected chi connectivity index (χ0v) is 11.4. The standard InChI is InChI=1S/C14H23N3O/c1-4-17(5-2)13(18)16-14(3,11-15)12-9-7-6-8-10-12/h6-10H,4-5,11,15H2,1-3H3,(H,16,18). The van der Waals surface area contributed by atoms with Gasteiger partial charge in [0.2, 0.25) is 0 Å². The Balaban J connectivity index is 2.87. The highest BCUT2D eigenvalue weighted by atomic mass is 16.2. The largest absolute Gasteiger partial charge is 0.328 e. The van der Waals surface area contributed by atoms with Gasteiger partial charge in [-0.2, -0.15) is 0 Å². The molecule has 0 heterocycles. The summed E-state index contributed by atoms with van der Waals surface area (Å²) in [7, 11) is 0. The molecular weight excluding hydrogens is 226 g/mol. The SMILES string of the molecule is CCN(CC)C(=O)NC(C)(CN)c1ccccc1. The Morgan fingerprint density at radius 3 is 2.28 bits per heavy atom. The van der Waals surface area contributed by atoms with Crippen molar-refractivity contribution < 1.29 is 4.79 Å². The minimum atomic E-state index is -0.527. The smallest absolute Gasteiger partial charge is 0.318 e. The molecule has 0 aromatic heterocycles. The molecule has 0 saturated carbocycles. The fraction of sp³-hybridized carbons (Fsp3) is 0.500. The summed E-state index contributed by atoms with van der Waals surface area (Å²) in [6.07, 6.45) is 0. The van der Waals surface area contributed by atoms with Gasteiger partial charge in [-0.25, -0.2) is 4.79 Å². The van der Waals surface area contributed by atoms with E-state index in [2.05, 4.69) is 5.32 Å². The number of nitrogens with zero attached hydrogens (tertiary/aromatic N) is 1. The molecule has 3 N–H and O–H groups in total. The van der Waals surface area contributed by atoms with Crippen LogP contribution in [-0.2, 0) is 5.54 Å². The molecule has 1 rings (SSSR count). The van der Waals surface area contributed by atoms with Crippen molar-refractivity contribution in [3.05, 3.63) is 35.9 Å². The van der Waals surface area contributed by atoms with Crippen molar-refractivity contribution in [3.8, 4) is 0 Å². The second kappa shape index (κ2) is 6.40. The first-order valence-corrected chi connectivity index (χ1v) is 6.40. The number of benzene rings is 1. The van der Waals surface area contributed by atoms with E-state index in [9.17, 15) is 4.79 Å². The topological polar surface area (TPSA) is 58.4 Å². The molecule has 4 nitrogen and oxygen atoms in total. The van der Waals surface area contributed by atoms with Crippen LogP contribution in [0, 0.1) is 0 Å². The van der Waals surface area contributed by atoms with E-state index in [1.54, 1.807) is 4.90 Å². The molecule has 1 aromatic carbocycles. The first-order chi connectivity index (χ1) is 8.57. The van der Waals surface area contributed by atoms with E-state index < -0.39 is 5.54 Å². The summed E-state index contributed by atoms with van der Waals surface area (Å²) in [4.78, 5) is 13.9. The molecule has 0 radical (unpaired) electrons. The summed E-state index contributed by atoms with van der Waals surface area (Å²) >= 11 is 0. The number of nitrogens with one attached hydrogen (secondary N) is 1. The number of hydrogen-bond acceptors (Lipinski definition) is 2. The van der Waals surface area contributed by atoms with Crippen molar-refractivity contribution in [2.24, 2.45) is 5.73 Å². The van der Waals surface area contributed by atoms with Crippen molar-refractivity contribution in [2.45, 2.75) is 26.3 Å². The molecule has 0 bridgehead atoms. The maximum Gasteiger partial charge on any atom is 0.318 e. The van der Waals surface area contributed by atoms with Crippen LogP contribution < -0.4 is 11.1 Å². The number of carbonyl (C=O) groups excluding carboxylic acids is 1. The van der Waals surface area contributed by atoms with Gasteiger partial charge < -0.3 is 16.0 Å². The molecule has 0 aliphatic carbocycles. The van der Waals surface area contributed by atoms with Crippen LogP contribution in [0.2, 0.25) is 0 Å². The van der Waals surface area contributed by atoms with Crippen LogP contribution in [0.1, 0.15) is 26.3 Å². The van der Waals surface area contributed by atoms with Crippen molar-refractivity contribution in [1.29, 1.82) is 0 Å². The molecule has 0 saturated heterocycles. The first-order valence-electron chi connectivity index (χ1n) is 6.40. The van der Waals surface area contributed by atoms with Gasteiger partial charge in [0.05, 0.1) is 5.54 Å². The van der Waals surface area contributed by atoms with Crippen LogP contribution in [0.5, 0.6) is 0 Å². The van der Waals surface area contributed by atoms with E-state index >= 15 is 0 Å². The maximum atomic E-state index is 12.1. The molecule has 0 fully saturated rings. The van der Waals surface area contributed by atoms with Gasteiger partial charge >= 0.3 is 6.03 Å². The molecular formula is C14H23N3O. The van der Waals surface area contributed by atoms with Gasteiger partial charge in [0.1, 0.15) is 0 Å². The Bertz CT molecular complexity index is 376. The molecule has 2 amide bonds. The summed E-state index contributed by atoms with van der Waals surface area (Å²) in [6, 6.07) is 9.74. The lowest BCUT2D eigenvalue weighted by Crippen LogP contribution is -2.53. The lowest BCUT2D eigenvalue weighted by Gasteiger charge is -2.32. The van der Waals surface area contributed by atoms with Gasteiger partial charge in [0.25, 0.3) is 0 Å². The predicted octanol–water partition coefficient (Wildman–Crippen LogP) is 1.91. The lowest BCUT2D eigenvalue weighted by atomic mass is 9.92. The van der Waals surface area contributed by atoms with Crippen LogP contribution in [0.3, 0.4) is 0 Å². The average molecular weight is 249 g/mol. The summed E-state index contributed by atoms with van der Waals surface area (Å²) in [5.74, 6) is 0. The number of nitrogens with two attached hydrogens (primary N) is 1. The van der Waals surface area contributed by atoms with E-state index in [0.29, 0.717) is 19.6 Å². The Labute approximate surface area is 109 Å². The number of rotatable bonds is 5. The van der Waals surface area contributed by atoms with Gasteiger partial charge in [-0.05, 0) is 26.3 Å². The highest BCUT2D eigenvalue weighted by Gasteiger charge is 2.28. The van der Waals surface area contributed by atoms with Crippen molar-refractivity contribution in [2.75, 3.05) is 19.6 Å². The molecule has 0 spiro atoms. The van der Waals surface area contributed by atoms with Crippen molar-refractivity contribution in [1.82, 2.24) is 10.2 Å². The van der Waals surface area contributed by atoms with E-state index in [1.807, 2.05) is 51.1 Å². The molecule has 0 aliphatic heterocycles.